The number of nitrogens with two attached hydrogens (primary N) is 1. The fourth-order valence-electron chi connectivity index (χ4n) is 3.21. The fraction of sp³-hybridized carbons (Fsp3) is 0.444. The summed E-state index contributed by atoms with van der Waals surface area (Å²) in [4.78, 5) is 16.7. The van der Waals surface area contributed by atoms with Gasteiger partial charge in [0.2, 0.25) is 0 Å². The van der Waals surface area contributed by atoms with Gasteiger partial charge in [-0.1, -0.05) is 6.92 Å². The number of H-pyrrole nitrogens is 1. The first-order valence-corrected chi connectivity index (χ1v) is 9.06. The predicted molar refractivity (Wildman–Crippen MR) is 101 cm³/mol. The number of anilines is 1. The summed E-state index contributed by atoms with van der Waals surface area (Å²) in [5, 5.41) is 6.94. The van der Waals surface area contributed by atoms with Crippen molar-refractivity contribution >= 4 is 17.6 Å². The molecule has 2 atom stereocenters. The third kappa shape index (κ3) is 4.48. The lowest BCUT2D eigenvalue weighted by atomic mass is 9.86. The molecule has 0 aromatic carbocycles. The number of imidazole rings is 1. The van der Waals surface area contributed by atoms with Crippen molar-refractivity contribution in [2.75, 3.05) is 24.5 Å². The predicted octanol–water partition coefficient (Wildman–Crippen LogP) is 3.13. The van der Waals surface area contributed by atoms with E-state index in [-0.39, 0.29) is 25.5 Å². The summed E-state index contributed by atoms with van der Waals surface area (Å²) in [5.74, 6) is -4.24. The minimum Gasteiger partial charge on any atom is -0.355 e. The molecule has 0 radical (unpaired) electrons. The summed E-state index contributed by atoms with van der Waals surface area (Å²) in [6, 6.07) is 1.59. The van der Waals surface area contributed by atoms with Crippen molar-refractivity contribution in [3.63, 3.8) is 0 Å². The van der Waals surface area contributed by atoms with E-state index in [1.54, 1.807) is 11.0 Å². The molecule has 1 aliphatic heterocycles. The van der Waals surface area contributed by atoms with Crippen molar-refractivity contribution in [2.24, 2.45) is 17.6 Å². The number of nitrogens with one attached hydrogen (secondary N) is 2. The van der Waals surface area contributed by atoms with E-state index in [9.17, 15) is 22.0 Å². The van der Waals surface area contributed by atoms with Crippen LogP contribution in [0.4, 0.5) is 27.8 Å². The van der Waals surface area contributed by atoms with Crippen LogP contribution in [0.15, 0.2) is 24.7 Å². The monoisotopic (exact) mass is 429 g/mol. The Morgan fingerprint density at radius 2 is 2.07 bits per heavy atom. The van der Waals surface area contributed by atoms with E-state index < -0.39 is 29.6 Å². The van der Waals surface area contributed by atoms with Crippen LogP contribution in [-0.2, 0) is 0 Å². The van der Waals surface area contributed by atoms with Gasteiger partial charge in [0.1, 0.15) is 23.7 Å². The Balaban J connectivity index is 1.79. The molecule has 0 bridgehead atoms. The Kier molecular flexibility index (Phi) is 5.88. The highest BCUT2D eigenvalue weighted by molar-refractivity contribution is 5.99. The molecule has 1 saturated heterocycles. The van der Waals surface area contributed by atoms with Crippen LogP contribution in [0.25, 0.3) is 17.5 Å². The van der Waals surface area contributed by atoms with Gasteiger partial charge in [-0.3, -0.25) is 5.41 Å². The van der Waals surface area contributed by atoms with Gasteiger partial charge in [-0.05, 0) is 12.2 Å². The number of nitrogens with zero attached hydrogens (tertiary/aromatic N) is 4. The number of hydrogen-bond donors (Lipinski definition) is 3. The number of halogens is 5. The molecular weight excluding hydrogens is 409 g/mol. The first-order chi connectivity index (χ1) is 14.0. The van der Waals surface area contributed by atoms with Crippen molar-refractivity contribution in [1.82, 2.24) is 19.9 Å². The Labute approximate surface area is 168 Å². The molecule has 12 heteroatoms. The first kappa shape index (κ1) is 21.8. The average molecular weight is 429 g/mol. The molecule has 3 heterocycles. The van der Waals surface area contributed by atoms with Gasteiger partial charge in [0.05, 0.1) is 23.5 Å². The minimum atomic E-state index is -4.74. The maximum atomic E-state index is 14.3. The van der Waals surface area contributed by atoms with E-state index in [2.05, 4.69) is 19.9 Å². The summed E-state index contributed by atoms with van der Waals surface area (Å²) in [6.07, 6.45) is -0.469. The average Bonchev–Trinajstić information content (AvgIpc) is 3.16. The van der Waals surface area contributed by atoms with Crippen molar-refractivity contribution in [1.29, 1.82) is 5.41 Å². The third-order valence-electron chi connectivity index (χ3n) is 4.98. The molecule has 3 rings (SSSR count). The third-order valence-corrected chi connectivity index (χ3v) is 4.98. The van der Waals surface area contributed by atoms with E-state index in [0.29, 0.717) is 23.3 Å². The van der Waals surface area contributed by atoms with Gasteiger partial charge < -0.3 is 15.6 Å². The van der Waals surface area contributed by atoms with E-state index in [0.717, 1.165) is 6.08 Å². The van der Waals surface area contributed by atoms with E-state index >= 15 is 0 Å². The highest BCUT2D eigenvalue weighted by atomic mass is 19.4. The molecule has 1 fully saturated rings. The fourth-order valence-corrected chi connectivity index (χ4v) is 3.21. The smallest absolute Gasteiger partial charge is 0.355 e. The van der Waals surface area contributed by atoms with Crippen LogP contribution >= 0.6 is 0 Å². The zero-order valence-electron chi connectivity index (χ0n) is 15.9. The van der Waals surface area contributed by atoms with Gasteiger partial charge in [0.15, 0.2) is 0 Å². The molecule has 162 valence electrons. The van der Waals surface area contributed by atoms with Crippen LogP contribution < -0.4 is 10.6 Å². The number of rotatable bonds is 5. The number of aromatic amines is 1. The Hall–Kier alpha value is -2.89. The lowest BCUT2D eigenvalue weighted by molar-refractivity contribution is -0.108. The SMILES string of the molecule is CC1CN(c2cc(-c3cnc(/C=C\C(=N)C(F)(F)F)[nH]3)ncn2)CC(CN)C1(F)F. The zero-order chi connectivity index (χ0) is 22.1. The first-order valence-electron chi connectivity index (χ1n) is 9.06. The van der Waals surface area contributed by atoms with Crippen molar-refractivity contribution in [3.8, 4) is 11.4 Å². The Bertz CT molecular complexity index is 937. The molecule has 0 saturated carbocycles. The molecule has 7 nitrogen and oxygen atoms in total. The number of alkyl halides is 5. The quantitative estimate of drug-likeness (QED) is 0.500. The molecule has 4 N–H and O–H groups in total. The molecule has 1 aliphatic rings. The second kappa shape index (κ2) is 8.09. The summed E-state index contributed by atoms with van der Waals surface area (Å²) in [6.45, 7) is 1.44. The number of allylic oxidation sites excluding steroid dienone is 1. The minimum absolute atomic E-state index is 0.0425. The van der Waals surface area contributed by atoms with Crippen molar-refractivity contribution in [2.45, 2.75) is 19.0 Å². The van der Waals surface area contributed by atoms with E-state index in [4.69, 9.17) is 11.1 Å². The van der Waals surface area contributed by atoms with Crippen LogP contribution in [0.5, 0.6) is 0 Å². The van der Waals surface area contributed by atoms with Crippen LogP contribution in [0.1, 0.15) is 12.7 Å². The van der Waals surface area contributed by atoms with Crippen molar-refractivity contribution < 1.29 is 22.0 Å². The van der Waals surface area contributed by atoms with E-state index in [1.807, 2.05) is 0 Å². The summed E-state index contributed by atoms with van der Waals surface area (Å²) in [7, 11) is 0. The van der Waals surface area contributed by atoms with Crippen LogP contribution in [-0.4, -0.2) is 57.4 Å². The van der Waals surface area contributed by atoms with Gasteiger partial charge in [-0.25, -0.2) is 23.7 Å². The zero-order valence-corrected chi connectivity index (χ0v) is 15.9. The van der Waals surface area contributed by atoms with Crippen LogP contribution in [0.3, 0.4) is 0 Å². The summed E-state index contributed by atoms with van der Waals surface area (Å²) >= 11 is 0. The number of aromatic nitrogens is 4. The van der Waals surface area contributed by atoms with Gasteiger partial charge >= 0.3 is 6.18 Å². The van der Waals surface area contributed by atoms with E-state index in [1.165, 1.54) is 19.4 Å². The lowest BCUT2D eigenvalue weighted by Gasteiger charge is -2.42. The number of hydrogen-bond acceptors (Lipinski definition) is 6. The molecule has 2 aromatic rings. The Morgan fingerprint density at radius 3 is 2.73 bits per heavy atom. The highest BCUT2D eigenvalue weighted by Crippen LogP contribution is 2.38. The van der Waals surface area contributed by atoms with Crippen molar-refractivity contribution in [3.05, 3.63) is 30.5 Å². The summed E-state index contributed by atoms with van der Waals surface area (Å²) in [5.41, 5.74) is 4.83. The number of piperidine rings is 1. The largest absolute Gasteiger partial charge is 0.432 e. The topological polar surface area (TPSA) is 108 Å². The standard InChI is InChI=1S/C18H20F5N7/c1-10-7-30(8-11(5-24)17(10,19)20)16-4-12(27-9-28-16)13-6-26-15(29-13)3-2-14(25)18(21,22)23/h2-4,6,9-11,25H,5,7-8,24H2,1H3,(H,26,29)/b3-2-,25-14?. The van der Waals surface area contributed by atoms with Gasteiger partial charge in [-0.2, -0.15) is 13.2 Å². The van der Waals surface area contributed by atoms with Gasteiger partial charge in [0.25, 0.3) is 5.92 Å². The molecule has 0 amide bonds. The Morgan fingerprint density at radius 1 is 1.33 bits per heavy atom. The molecule has 2 unspecified atom stereocenters. The van der Waals surface area contributed by atoms with Crippen LogP contribution in [0.2, 0.25) is 0 Å². The maximum Gasteiger partial charge on any atom is 0.432 e. The van der Waals surface area contributed by atoms with Gasteiger partial charge in [0, 0.05) is 31.6 Å². The second-order valence-electron chi connectivity index (χ2n) is 7.10. The molecule has 2 aromatic heterocycles. The molecule has 0 spiro atoms. The molecule has 0 aliphatic carbocycles. The molecule has 30 heavy (non-hydrogen) atoms. The highest BCUT2D eigenvalue weighted by Gasteiger charge is 2.49. The summed E-state index contributed by atoms with van der Waals surface area (Å²) < 4.78 is 65.7. The van der Waals surface area contributed by atoms with Crippen LogP contribution in [0, 0.1) is 17.2 Å². The molecular formula is C18H20F5N7. The van der Waals surface area contributed by atoms with Gasteiger partial charge in [-0.15, -0.1) is 0 Å². The second-order valence-corrected chi connectivity index (χ2v) is 7.10. The normalized spacial score (nSPS) is 21.9. The maximum absolute atomic E-state index is 14.3. The lowest BCUT2D eigenvalue weighted by Crippen LogP contribution is -2.55.